The number of benzene rings is 1. The lowest BCUT2D eigenvalue weighted by molar-refractivity contribution is -0.133. The SMILES string of the molecule is CC[C@H](C)[C@@H]1NC2(CCN(C(=S)Nc3ccc(F)cc3)CC2)N(CC)C1=O. The van der Waals surface area contributed by atoms with Gasteiger partial charge in [0.1, 0.15) is 5.82 Å². The Labute approximate surface area is 166 Å². The summed E-state index contributed by atoms with van der Waals surface area (Å²) in [6.07, 6.45) is 2.66. The highest BCUT2D eigenvalue weighted by atomic mass is 32.1. The minimum absolute atomic E-state index is 0.0919. The third-order valence-electron chi connectivity index (χ3n) is 5.98. The fourth-order valence-electron chi connectivity index (χ4n) is 4.12. The van der Waals surface area contributed by atoms with Crippen LogP contribution < -0.4 is 10.6 Å². The second-order valence-electron chi connectivity index (χ2n) is 7.55. The average molecular weight is 393 g/mol. The molecule has 2 atom stereocenters. The molecule has 2 heterocycles. The van der Waals surface area contributed by atoms with Crippen LogP contribution in [0.1, 0.15) is 40.0 Å². The molecule has 1 aromatic rings. The van der Waals surface area contributed by atoms with E-state index in [9.17, 15) is 9.18 Å². The van der Waals surface area contributed by atoms with Crippen LogP contribution >= 0.6 is 12.2 Å². The van der Waals surface area contributed by atoms with E-state index in [1.54, 1.807) is 12.1 Å². The maximum atomic E-state index is 13.1. The van der Waals surface area contributed by atoms with Crippen LogP contribution in [-0.4, -0.2) is 52.2 Å². The van der Waals surface area contributed by atoms with Gasteiger partial charge in [-0.25, -0.2) is 4.39 Å². The normalized spacial score (nSPS) is 23.0. The Bertz CT molecular complexity index is 688. The molecular weight excluding hydrogens is 363 g/mol. The lowest BCUT2D eigenvalue weighted by atomic mass is 9.95. The molecule has 27 heavy (non-hydrogen) atoms. The largest absolute Gasteiger partial charge is 0.349 e. The highest BCUT2D eigenvalue weighted by molar-refractivity contribution is 7.80. The molecule has 148 valence electrons. The van der Waals surface area contributed by atoms with Gasteiger partial charge in [0.05, 0.1) is 11.7 Å². The summed E-state index contributed by atoms with van der Waals surface area (Å²) < 4.78 is 13.1. The molecule has 3 rings (SSSR count). The van der Waals surface area contributed by atoms with Gasteiger partial charge in [-0.05, 0) is 49.3 Å². The summed E-state index contributed by atoms with van der Waals surface area (Å²) in [6, 6.07) is 6.10. The lowest BCUT2D eigenvalue weighted by Crippen LogP contribution is -2.60. The number of nitrogens with one attached hydrogen (secondary N) is 2. The third kappa shape index (κ3) is 3.94. The Balaban J connectivity index is 1.64. The van der Waals surface area contributed by atoms with Crippen LogP contribution in [0.25, 0.3) is 0 Å². The Morgan fingerprint density at radius 3 is 2.52 bits per heavy atom. The van der Waals surface area contributed by atoms with Gasteiger partial charge in [0.25, 0.3) is 0 Å². The van der Waals surface area contributed by atoms with Crippen molar-refractivity contribution in [1.82, 2.24) is 15.1 Å². The maximum Gasteiger partial charge on any atom is 0.241 e. The van der Waals surface area contributed by atoms with Gasteiger partial charge in [-0.2, -0.15) is 0 Å². The summed E-state index contributed by atoms with van der Waals surface area (Å²) in [5, 5.41) is 7.49. The number of halogens is 1. The van der Waals surface area contributed by atoms with E-state index in [4.69, 9.17) is 12.2 Å². The van der Waals surface area contributed by atoms with Crippen molar-refractivity contribution < 1.29 is 9.18 Å². The van der Waals surface area contributed by atoms with E-state index < -0.39 is 0 Å². The van der Waals surface area contributed by atoms with Gasteiger partial charge in [0, 0.05) is 38.2 Å². The second kappa shape index (κ2) is 8.10. The second-order valence-corrected chi connectivity index (χ2v) is 7.93. The number of piperidine rings is 1. The first kappa shape index (κ1) is 20.0. The zero-order chi connectivity index (χ0) is 19.6. The van der Waals surface area contributed by atoms with Crippen molar-refractivity contribution >= 4 is 28.9 Å². The molecule has 1 aromatic carbocycles. The number of hydrogen-bond acceptors (Lipinski definition) is 3. The van der Waals surface area contributed by atoms with Crippen molar-refractivity contribution in [3.05, 3.63) is 30.1 Å². The molecule has 2 fully saturated rings. The van der Waals surface area contributed by atoms with Crippen LogP contribution in [0.3, 0.4) is 0 Å². The van der Waals surface area contributed by atoms with Gasteiger partial charge in [-0.3, -0.25) is 10.1 Å². The van der Waals surface area contributed by atoms with Crippen molar-refractivity contribution in [3.8, 4) is 0 Å². The van der Waals surface area contributed by atoms with E-state index in [1.165, 1.54) is 12.1 Å². The molecule has 0 bridgehead atoms. The molecular formula is C20H29FN4OS. The first-order valence-electron chi connectivity index (χ1n) is 9.81. The molecule has 5 nitrogen and oxygen atoms in total. The number of anilines is 1. The molecule has 2 aliphatic rings. The van der Waals surface area contributed by atoms with Crippen LogP contribution in [-0.2, 0) is 4.79 Å². The van der Waals surface area contributed by atoms with E-state index in [0.29, 0.717) is 11.0 Å². The Kier molecular flexibility index (Phi) is 6.01. The number of thiocarbonyl (C=S) groups is 1. The molecule has 1 amide bonds. The van der Waals surface area contributed by atoms with Crippen LogP contribution in [0.4, 0.5) is 10.1 Å². The van der Waals surface area contributed by atoms with E-state index >= 15 is 0 Å². The Hall–Kier alpha value is -1.73. The number of likely N-dealkylation sites (tertiary alicyclic amines) is 1. The summed E-state index contributed by atoms with van der Waals surface area (Å²) in [4.78, 5) is 17.0. The fourth-order valence-corrected chi connectivity index (χ4v) is 4.42. The summed E-state index contributed by atoms with van der Waals surface area (Å²) in [5.74, 6) is 0.288. The number of nitrogens with zero attached hydrogens (tertiary/aromatic N) is 2. The summed E-state index contributed by atoms with van der Waals surface area (Å²) in [6.45, 7) is 8.58. The number of amides is 1. The van der Waals surface area contributed by atoms with Crippen LogP contribution in [0.2, 0.25) is 0 Å². The zero-order valence-electron chi connectivity index (χ0n) is 16.3. The molecule has 2 N–H and O–H groups in total. The Morgan fingerprint density at radius 2 is 1.96 bits per heavy atom. The Morgan fingerprint density at radius 1 is 1.33 bits per heavy atom. The molecule has 0 unspecified atom stereocenters. The first-order chi connectivity index (χ1) is 12.9. The fraction of sp³-hybridized carbons (Fsp3) is 0.600. The highest BCUT2D eigenvalue weighted by Crippen LogP contribution is 2.34. The van der Waals surface area contributed by atoms with E-state index in [-0.39, 0.29) is 23.4 Å². The zero-order valence-corrected chi connectivity index (χ0v) is 17.1. The highest BCUT2D eigenvalue weighted by Gasteiger charge is 2.51. The van der Waals surface area contributed by atoms with Crippen molar-refractivity contribution in [3.63, 3.8) is 0 Å². The van der Waals surface area contributed by atoms with Gasteiger partial charge >= 0.3 is 0 Å². The summed E-state index contributed by atoms with van der Waals surface area (Å²) in [7, 11) is 0. The molecule has 2 saturated heterocycles. The number of carbonyl (C=O) groups excluding carboxylic acids is 1. The van der Waals surface area contributed by atoms with Gasteiger partial charge in [0.2, 0.25) is 5.91 Å². The van der Waals surface area contributed by atoms with Crippen LogP contribution in [0.5, 0.6) is 0 Å². The van der Waals surface area contributed by atoms with E-state index in [1.807, 2.05) is 11.8 Å². The van der Waals surface area contributed by atoms with Crippen molar-refractivity contribution in [2.75, 3.05) is 25.0 Å². The predicted molar refractivity (Wildman–Crippen MR) is 110 cm³/mol. The van der Waals surface area contributed by atoms with Crippen molar-refractivity contribution in [1.29, 1.82) is 0 Å². The first-order valence-corrected chi connectivity index (χ1v) is 10.2. The van der Waals surface area contributed by atoms with Gasteiger partial charge in [0.15, 0.2) is 5.11 Å². The molecule has 0 saturated carbocycles. The van der Waals surface area contributed by atoms with E-state index in [2.05, 4.69) is 29.4 Å². The summed E-state index contributed by atoms with van der Waals surface area (Å²) >= 11 is 5.54. The number of carbonyl (C=O) groups is 1. The number of likely N-dealkylation sites (N-methyl/N-ethyl adjacent to an activating group) is 1. The van der Waals surface area contributed by atoms with E-state index in [0.717, 1.165) is 44.6 Å². The van der Waals surface area contributed by atoms with Crippen LogP contribution in [0.15, 0.2) is 24.3 Å². The molecule has 2 aliphatic heterocycles. The van der Waals surface area contributed by atoms with Crippen molar-refractivity contribution in [2.24, 2.45) is 5.92 Å². The summed E-state index contributed by atoms with van der Waals surface area (Å²) in [5.41, 5.74) is 0.518. The average Bonchev–Trinajstić information content (AvgIpc) is 2.94. The maximum absolute atomic E-state index is 13.1. The molecule has 7 heteroatoms. The topological polar surface area (TPSA) is 47.6 Å². The van der Waals surface area contributed by atoms with Crippen molar-refractivity contribution in [2.45, 2.75) is 51.7 Å². The standard InChI is InChI=1S/C20H29FN4OS/c1-4-14(3)17-18(26)25(5-2)20(23-17)10-12-24(13-11-20)19(27)22-16-8-6-15(21)7-9-16/h6-9,14,17,23H,4-5,10-13H2,1-3H3,(H,22,27)/t14-,17-/m0/s1. The monoisotopic (exact) mass is 392 g/mol. The van der Waals surface area contributed by atoms with Crippen LogP contribution in [0, 0.1) is 11.7 Å². The predicted octanol–water partition coefficient (Wildman–Crippen LogP) is 3.18. The van der Waals surface area contributed by atoms with Gasteiger partial charge in [-0.1, -0.05) is 20.3 Å². The minimum Gasteiger partial charge on any atom is -0.349 e. The third-order valence-corrected chi connectivity index (χ3v) is 6.34. The molecule has 1 spiro atoms. The molecule has 0 aromatic heterocycles. The number of hydrogen-bond donors (Lipinski definition) is 2. The minimum atomic E-state index is -0.265. The number of rotatable bonds is 4. The van der Waals surface area contributed by atoms with Gasteiger partial charge in [-0.15, -0.1) is 0 Å². The quantitative estimate of drug-likeness (QED) is 0.771. The molecule has 0 radical (unpaired) electrons. The molecule has 0 aliphatic carbocycles. The van der Waals surface area contributed by atoms with Gasteiger partial charge < -0.3 is 15.1 Å². The smallest absolute Gasteiger partial charge is 0.241 e. The lowest BCUT2D eigenvalue weighted by Gasteiger charge is -2.45.